The van der Waals surface area contributed by atoms with Crippen molar-refractivity contribution in [1.29, 1.82) is 0 Å². The molecule has 3 rings (SSSR count). The summed E-state index contributed by atoms with van der Waals surface area (Å²) in [6, 6.07) is 10.5. The molecule has 2 aromatic rings. The highest BCUT2D eigenvalue weighted by Crippen LogP contribution is 2.25. The second kappa shape index (κ2) is 10.7. The van der Waals surface area contributed by atoms with Crippen molar-refractivity contribution in [1.82, 2.24) is 20.4 Å². The monoisotopic (exact) mass is 471 g/mol. The van der Waals surface area contributed by atoms with E-state index in [0.29, 0.717) is 0 Å². The number of aromatic nitrogens is 2. The number of hydrogen-bond acceptors (Lipinski definition) is 3. The van der Waals surface area contributed by atoms with E-state index < -0.39 is 0 Å². The van der Waals surface area contributed by atoms with Crippen molar-refractivity contribution in [3.05, 3.63) is 48.3 Å². The minimum atomic E-state index is 0. The molecule has 1 fully saturated rings. The van der Waals surface area contributed by atoms with Crippen molar-refractivity contribution in [3.8, 4) is 5.69 Å². The topological polar surface area (TPSA) is 54.2 Å². The van der Waals surface area contributed by atoms with Crippen LogP contribution in [0.5, 0.6) is 0 Å². The van der Waals surface area contributed by atoms with Crippen LogP contribution in [0.25, 0.3) is 5.69 Å². The summed E-state index contributed by atoms with van der Waals surface area (Å²) in [5.41, 5.74) is 2.39. The van der Waals surface area contributed by atoms with E-state index in [1.54, 1.807) is 6.20 Å². The molecule has 0 radical (unpaired) electrons. The minimum Gasteiger partial charge on any atom is -0.356 e. The molecule has 5 nitrogen and oxygen atoms in total. The van der Waals surface area contributed by atoms with Gasteiger partial charge >= 0.3 is 0 Å². The smallest absolute Gasteiger partial charge is 0.191 e. The van der Waals surface area contributed by atoms with Crippen LogP contribution in [0, 0.1) is 0 Å². The SMILES string of the molecule is CN=C(NCCc1ccc(-n2cccn2)cc1)NCC1CCCS1.I. The first-order valence-corrected chi connectivity index (χ1v) is 9.55. The maximum atomic E-state index is 4.30. The predicted molar refractivity (Wildman–Crippen MR) is 118 cm³/mol. The number of thioether (sulfide) groups is 1. The molecule has 0 aliphatic carbocycles. The van der Waals surface area contributed by atoms with E-state index in [-0.39, 0.29) is 24.0 Å². The molecule has 25 heavy (non-hydrogen) atoms. The van der Waals surface area contributed by atoms with Gasteiger partial charge in [-0.25, -0.2) is 4.68 Å². The Morgan fingerprint density at radius 1 is 1.32 bits per heavy atom. The van der Waals surface area contributed by atoms with E-state index in [1.807, 2.05) is 24.0 Å². The van der Waals surface area contributed by atoms with Gasteiger partial charge < -0.3 is 10.6 Å². The molecule has 0 amide bonds. The van der Waals surface area contributed by atoms with E-state index in [0.717, 1.165) is 36.4 Å². The summed E-state index contributed by atoms with van der Waals surface area (Å²) in [5.74, 6) is 2.20. The van der Waals surface area contributed by atoms with Gasteiger partial charge in [0.05, 0.1) is 5.69 Å². The highest BCUT2D eigenvalue weighted by Gasteiger charge is 2.15. The lowest BCUT2D eigenvalue weighted by molar-refractivity contribution is 0.724. The molecule has 1 unspecified atom stereocenters. The third-order valence-corrected chi connectivity index (χ3v) is 5.55. The fourth-order valence-corrected chi connectivity index (χ4v) is 4.00. The molecule has 7 heteroatoms. The molecular formula is C18H26IN5S. The normalized spacial score (nSPS) is 17.2. The van der Waals surface area contributed by atoms with E-state index >= 15 is 0 Å². The first-order chi connectivity index (χ1) is 11.8. The number of nitrogens with one attached hydrogen (secondary N) is 2. The van der Waals surface area contributed by atoms with Crippen LogP contribution < -0.4 is 10.6 Å². The molecule has 136 valence electrons. The van der Waals surface area contributed by atoms with Crippen LogP contribution in [-0.2, 0) is 6.42 Å². The Bertz CT molecular complexity index is 636. The van der Waals surface area contributed by atoms with Gasteiger partial charge in [-0.05, 0) is 48.8 Å². The summed E-state index contributed by atoms with van der Waals surface area (Å²) in [5, 5.41) is 11.8. The molecule has 0 saturated carbocycles. The average Bonchev–Trinajstić information content (AvgIpc) is 3.32. The summed E-state index contributed by atoms with van der Waals surface area (Å²) in [7, 11) is 1.83. The first kappa shape index (κ1) is 20.1. The Balaban J connectivity index is 0.00000225. The van der Waals surface area contributed by atoms with E-state index in [1.165, 1.54) is 24.2 Å². The van der Waals surface area contributed by atoms with Gasteiger partial charge in [0.15, 0.2) is 5.96 Å². The van der Waals surface area contributed by atoms with Crippen molar-refractivity contribution in [3.63, 3.8) is 0 Å². The quantitative estimate of drug-likeness (QED) is 0.386. The fraction of sp³-hybridized carbons (Fsp3) is 0.444. The van der Waals surface area contributed by atoms with Gasteiger partial charge in [0, 0.05) is 37.8 Å². The number of benzene rings is 1. The van der Waals surface area contributed by atoms with Crippen LogP contribution in [0.4, 0.5) is 0 Å². The van der Waals surface area contributed by atoms with Crippen molar-refractivity contribution >= 4 is 41.7 Å². The third-order valence-electron chi connectivity index (χ3n) is 4.16. The Morgan fingerprint density at radius 3 is 2.80 bits per heavy atom. The lowest BCUT2D eigenvalue weighted by Crippen LogP contribution is -2.40. The largest absolute Gasteiger partial charge is 0.356 e. The number of halogens is 1. The third kappa shape index (κ3) is 6.22. The number of nitrogens with zero attached hydrogens (tertiary/aromatic N) is 3. The standard InChI is InChI=1S/C18H25N5S.HI/c1-19-18(21-14-17-4-2-13-24-17)20-11-9-15-5-7-16(8-6-15)23-12-3-10-22-23;/h3,5-8,10,12,17H,2,4,9,11,13-14H2,1H3,(H2,19,20,21);1H. The fourth-order valence-electron chi connectivity index (χ4n) is 2.80. The van der Waals surface area contributed by atoms with Crippen LogP contribution in [0.15, 0.2) is 47.7 Å². The number of guanidine groups is 1. The van der Waals surface area contributed by atoms with Gasteiger partial charge in [-0.2, -0.15) is 16.9 Å². The molecule has 2 N–H and O–H groups in total. The first-order valence-electron chi connectivity index (χ1n) is 8.50. The minimum absolute atomic E-state index is 0. The molecule has 2 heterocycles. The number of hydrogen-bond donors (Lipinski definition) is 2. The molecular weight excluding hydrogens is 445 g/mol. The Labute approximate surface area is 171 Å². The molecule has 0 bridgehead atoms. The van der Waals surface area contributed by atoms with Crippen LogP contribution in [0.1, 0.15) is 18.4 Å². The van der Waals surface area contributed by atoms with Gasteiger partial charge in [0.1, 0.15) is 0 Å². The average molecular weight is 471 g/mol. The van der Waals surface area contributed by atoms with Crippen molar-refractivity contribution in [2.24, 2.45) is 4.99 Å². The number of rotatable bonds is 6. The maximum absolute atomic E-state index is 4.30. The summed E-state index contributed by atoms with van der Waals surface area (Å²) in [4.78, 5) is 4.30. The summed E-state index contributed by atoms with van der Waals surface area (Å²) >= 11 is 2.06. The molecule has 1 atom stereocenters. The predicted octanol–water partition coefficient (Wildman–Crippen LogP) is 3.09. The summed E-state index contributed by atoms with van der Waals surface area (Å²) < 4.78 is 1.87. The van der Waals surface area contributed by atoms with Crippen molar-refractivity contribution < 1.29 is 0 Å². The lowest BCUT2D eigenvalue weighted by atomic mass is 10.1. The Kier molecular flexibility index (Phi) is 8.60. The van der Waals surface area contributed by atoms with Gasteiger partial charge in [0.2, 0.25) is 0 Å². The van der Waals surface area contributed by atoms with Crippen LogP contribution in [-0.4, -0.2) is 46.9 Å². The highest BCUT2D eigenvalue weighted by molar-refractivity contribution is 14.0. The van der Waals surface area contributed by atoms with Crippen LogP contribution >= 0.6 is 35.7 Å². The Morgan fingerprint density at radius 2 is 2.16 bits per heavy atom. The van der Waals surface area contributed by atoms with Gasteiger partial charge in [0.25, 0.3) is 0 Å². The van der Waals surface area contributed by atoms with E-state index in [9.17, 15) is 0 Å². The molecule has 1 saturated heterocycles. The second-order valence-electron chi connectivity index (χ2n) is 5.88. The van der Waals surface area contributed by atoms with Crippen molar-refractivity contribution in [2.75, 3.05) is 25.9 Å². The molecule has 1 aliphatic rings. The summed E-state index contributed by atoms with van der Waals surface area (Å²) in [6.45, 7) is 1.88. The zero-order valence-electron chi connectivity index (χ0n) is 14.5. The zero-order valence-corrected chi connectivity index (χ0v) is 17.7. The van der Waals surface area contributed by atoms with Crippen molar-refractivity contribution in [2.45, 2.75) is 24.5 Å². The zero-order chi connectivity index (χ0) is 16.6. The number of aliphatic imine (C=N–C) groups is 1. The molecule has 0 spiro atoms. The highest BCUT2D eigenvalue weighted by atomic mass is 127. The Hall–Kier alpha value is -1.22. The van der Waals surface area contributed by atoms with E-state index in [4.69, 9.17) is 0 Å². The lowest BCUT2D eigenvalue weighted by Gasteiger charge is -2.14. The maximum Gasteiger partial charge on any atom is 0.191 e. The second-order valence-corrected chi connectivity index (χ2v) is 7.29. The van der Waals surface area contributed by atoms with Gasteiger partial charge in [-0.15, -0.1) is 24.0 Å². The molecule has 1 aromatic heterocycles. The molecule has 1 aliphatic heterocycles. The van der Waals surface area contributed by atoms with Gasteiger partial charge in [-0.1, -0.05) is 12.1 Å². The van der Waals surface area contributed by atoms with Crippen LogP contribution in [0.2, 0.25) is 0 Å². The summed E-state index contributed by atoms with van der Waals surface area (Å²) in [6.07, 6.45) is 7.38. The van der Waals surface area contributed by atoms with E-state index in [2.05, 4.69) is 56.8 Å². The van der Waals surface area contributed by atoms with Gasteiger partial charge in [-0.3, -0.25) is 4.99 Å². The van der Waals surface area contributed by atoms with Crippen LogP contribution in [0.3, 0.4) is 0 Å². The molecule has 1 aromatic carbocycles.